The number of carbonyl (C=O) groups excluding carboxylic acids is 1. The van der Waals surface area contributed by atoms with Crippen molar-refractivity contribution >= 4 is 17.5 Å². The number of fused-ring (bicyclic) bond motifs is 3. The molecule has 0 saturated heterocycles. The molecule has 1 aromatic heterocycles. The molecule has 4 rings (SSSR count). The Labute approximate surface area is 184 Å². The summed E-state index contributed by atoms with van der Waals surface area (Å²) in [6, 6.07) is 13.1. The van der Waals surface area contributed by atoms with Crippen molar-refractivity contribution < 1.29 is 13.9 Å². The van der Waals surface area contributed by atoms with Crippen LogP contribution in [0, 0.1) is 5.82 Å². The van der Waals surface area contributed by atoms with Crippen LogP contribution in [0.15, 0.2) is 59.5 Å². The zero-order chi connectivity index (χ0) is 22.1. The van der Waals surface area contributed by atoms with Crippen LogP contribution in [0.1, 0.15) is 42.2 Å². The Balaban J connectivity index is 1.94. The molecule has 2 aromatic carbocycles. The molecule has 2 atom stereocenters. The van der Waals surface area contributed by atoms with E-state index in [-0.39, 0.29) is 17.9 Å². The van der Waals surface area contributed by atoms with Crippen LogP contribution in [0.5, 0.6) is 0 Å². The molecule has 1 N–H and O–H groups in total. The van der Waals surface area contributed by atoms with Gasteiger partial charge in [-0.05, 0) is 53.4 Å². The third-order valence-electron chi connectivity index (χ3n) is 5.41. The van der Waals surface area contributed by atoms with Crippen molar-refractivity contribution in [3.63, 3.8) is 0 Å². The number of halogens is 2. The van der Waals surface area contributed by atoms with Crippen LogP contribution in [-0.2, 0) is 16.6 Å². The topological polar surface area (TPSA) is 60.3 Å². The zero-order valence-corrected chi connectivity index (χ0v) is 17.9. The molecule has 0 bridgehead atoms. The number of hydrogen-bond acceptors (Lipinski definition) is 3. The lowest BCUT2D eigenvalue weighted by Crippen LogP contribution is -2.26. The molecule has 0 aliphatic carbocycles. The van der Waals surface area contributed by atoms with E-state index in [1.807, 2.05) is 19.1 Å². The van der Waals surface area contributed by atoms with Gasteiger partial charge in [0.05, 0.1) is 12.5 Å². The van der Waals surface area contributed by atoms with E-state index < -0.39 is 18.0 Å². The molecule has 1 aliphatic rings. The molecule has 160 valence electrons. The molecular weight excluding hydrogens is 419 g/mol. The lowest BCUT2D eigenvalue weighted by Gasteiger charge is -2.24. The number of rotatable bonds is 4. The molecule has 0 radical (unpaired) electrons. The van der Waals surface area contributed by atoms with E-state index in [9.17, 15) is 14.0 Å². The van der Waals surface area contributed by atoms with Gasteiger partial charge in [0.25, 0.3) is 5.56 Å². The van der Waals surface area contributed by atoms with Gasteiger partial charge in [0.1, 0.15) is 11.9 Å². The highest BCUT2D eigenvalue weighted by Crippen LogP contribution is 2.45. The van der Waals surface area contributed by atoms with Crippen molar-refractivity contribution in [2.45, 2.75) is 25.6 Å². The second-order valence-corrected chi connectivity index (χ2v) is 7.97. The summed E-state index contributed by atoms with van der Waals surface area (Å²) in [6.45, 7) is 2.33. The van der Waals surface area contributed by atoms with Gasteiger partial charge in [-0.2, -0.15) is 0 Å². The fourth-order valence-electron chi connectivity index (χ4n) is 3.93. The van der Waals surface area contributed by atoms with Gasteiger partial charge in [-0.15, -0.1) is 0 Å². The van der Waals surface area contributed by atoms with Crippen molar-refractivity contribution in [1.82, 2.24) is 9.88 Å². The number of pyridine rings is 1. The number of ether oxygens (including phenoxy) is 1. The molecule has 5 nitrogen and oxygen atoms in total. The highest BCUT2D eigenvalue weighted by molar-refractivity contribution is 6.30. The van der Waals surface area contributed by atoms with Crippen molar-refractivity contribution in [2.75, 3.05) is 6.54 Å². The number of amides is 1. The van der Waals surface area contributed by atoms with Gasteiger partial charge in [-0.25, -0.2) is 4.39 Å². The van der Waals surface area contributed by atoms with Crippen LogP contribution >= 0.6 is 11.6 Å². The molecular formula is C24H22ClFN2O3. The predicted octanol–water partition coefficient (Wildman–Crippen LogP) is 4.53. The third kappa shape index (κ3) is 4.27. The number of nitrogens with zero attached hydrogens (tertiary/aromatic N) is 1. The number of benzene rings is 2. The summed E-state index contributed by atoms with van der Waals surface area (Å²) in [5.74, 6) is -0.582. The molecule has 0 fully saturated rings. The molecule has 7 heteroatoms. The molecule has 2 heterocycles. The number of nitrogens with one attached hydrogen (secondary N) is 1. The predicted molar refractivity (Wildman–Crippen MR) is 117 cm³/mol. The Hall–Kier alpha value is -2.96. The number of carbonyl (C=O) groups is 1. The number of aromatic nitrogens is 1. The first-order valence-electron chi connectivity index (χ1n) is 10.1. The average molecular weight is 441 g/mol. The van der Waals surface area contributed by atoms with Gasteiger partial charge < -0.3 is 14.6 Å². The first-order chi connectivity index (χ1) is 14.9. The highest BCUT2D eigenvalue weighted by Gasteiger charge is 2.32. The van der Waals surface area contributed by atoms with Crippen LogP contribution in [0.25, 0.3) is 11.1 Å². The van der Waals surface area contributed by atoms with Crippen molar-refractivity contribution in [3.05, 3.63) is 92.6 Å². The Morgan fingerprint density at radius 3 is 2.58 bits per heavy atom. The van der Waals surface area contributed by atoms with Crippen molar-refractivity contribution in [2.24, 2.45) is 7.05 Å². The summed E-state index contributed by atoms with van der Waals surface area (Å²) in [5, 5.41) is 3.35. The normalized spacial score (nSPS) is 17.4. The first-order valence-corrected chi connectivity index (χ1v) is 10.4. The van der Waals surface area contributed by atoms with Crippen molar-refractivity contribution in [1.29, 1.82) is 0 Å². The summed E-state index contributed by atoms with van der Waals surface area (Å²) in [6.07, 6.45) is 0.420. The van der Waals surface area contributed by atoms with Crippen molar-refractivity contribution in [3.8, 4) is 11.1 Å². The molecule has 3 aromatic rings. The van der Waals surface area contributed by atoms with E-state index >= 15 is 0 Å². The SMILES string of the molecule is CCNC(=O)C[C@@H]1O[C@@H](c2ccc(Cl)cc2)c2cc(F)ccc2-c2cn(C)c(=O)cc21. The second kappa shape index (κ2) is 8.65. The maximum atomic E-state index is 14.3. The van der Waals surface area contributed by atoms with Gasteiger partial charge in [0.2, 0.25) is 5.91 Å². The van der Waals surface area contributed by atoms with Gasteiger partial charge in [0, 0.05) is 36.4 Å². The Kier molecular flexibility index (Phi) is 5.94. The molecule has 0 saturated carbocycles. The van der Waals surface area contributed by atoms with Crippen LogP contribution in [0.2, 0.25) is 5.02 Å². The minimum atomic E-state index is -0.688. The molecule has 1 aliphatic heterocycles. The molecule has 0 unspecified atom stereocenters. The molecule has 1 amide bonds. The van der Waals surface area contributed by atoms with Crippen LogP contribution in [0.3, 0.4) is 0 Å². The average Bonchev–Trinajstić information content (AvgIpc) is 2.85. The summed E-state index contributed by atoms with van der Waals surface area (Å²) in [4.78, 5) is 24.9. The minimum absolute atomic E-state index is 0.0363. The maximum Gasteiger partial charge on any atom is 0.250 e. The summed E-state index contributed by atoms with van der Waals surface area (Å²) in [7, 11) is 1.66. The first kappa shape index (κ1) is 21.3. The maximum absolute atomic E-state index is 14.3. The standard InChI is InChI=1S/C24H22ClFN2O3/c1-3-27-22(29)12-21-18-11-23(30)28(2)13-20(18)17-9-8-16(26)10-19(17)24(31-21)14-4-6-15(25)7-5-14/h4-11,13,21,24H,3,12H2,1-2H3,(H,27,29)/t21-,24-/m0/s1. The second-order valence-electron chi connectivity index (χ2n) is 7.54. The van der Waals surface area contributed by atoms with Crippen LogP contribution in [-0.4, -0.2) is 17.0 Å². The van der Waals surface area contributed by atoms with E-state index in [2.05, 4.69) is 5.32 Å². The lowest BCUT2D eigenvalue weighted by atomic mass is 9.91. The zero-order valence-electron chi connectivity index (χ0n) is 17.2. The number of hydrogen-bond donors (Lipinski definition) is 1. The Morgan fingerprint density at radius 1 is 1.13 bits per heavy atom. The highest BCUT2D eigenvalue weighted by atomic mass is 35.5. The third-order valence-corrected chi connectivity index (χ3v) is 5.66. The van der Waals surface area contributed by atoms with Gasteiger partial charge >= 0.3 is 0 Å². The minimum Gasteiger partial charge on any atom is -0.360 e. The molecule has 0 spiro atoms. The Bertz CT molecular complexity index is 1190. The monoisotopic (exact) mass is 440 g/mol. The van der Waals surface area contributed by atoms with E-state index in [1.165, 1.54) is 22.8 Å². The van der Waals surface area contributed by atoms with E-state index in [0.29, 0.717) is 22.7 Å². The molecule has 31 heavy (non-hydrogen) atoms. The van der Waals surface area contributed by atoms with Gasteiger partial charge in [-0.1, -0.05) is 29.8 Å². The largest absolute Gasteiger partial charge is 0.360 e. The Morgan fingerprint density at radius 2 is 1.87 bits per heavy atom. The van der Waals surface area contributed by atoms with E-state index in [0.717, 1.165) is 16.7 Å². The van der Waals surface area contributed by atoms with E-state index in [1.54, 1.807) is 31.4 Å². The van der Waals surface area contributed by atoms with E-state index in [4.69, 9.17) is 16.3 Å². The fraction of sp³-hybridized carbons (Fsp3) is 0.250. The summed E-state index contributed by atoms with van der Waals surface area (Å²) in [5.41, 5.74) is 3.29. The van der Waals surface area contributed by atoms with Gasteiger partial charge in [0.15, 0.2) is 0 Å². The smallest absolute Gasteiger partial charge is 0.250 e. The lowest BCUT2D eigenvalue weighted by molar-refractivity contribution is -0.124. The summed E-state index contributed by atoms with van der Waals surface area (Å²) < 4.78 is 22.2. The van der Waals surface area contributed by atoms with Crippen LogP contribution in [0.4, 0.5) is 4.39 Å². The fourth-order valence-corrected chi connectivity index (χ4v) is 4.06. The quantitative estimate of drug-likeness (QED) is 0.648. The van der Waals surface area contributed by atoms with Crippen LogP contribution < -0.4 is 10.9 Å². The number of aryl methyl sites for hydroxylation is 1. The van der Waals surface area contributed by atoms with Gasteiger partial charge in [-0.3, -0.25) is 9.59 Å². The summed E-state index contributed by atoms with van der Waals surface area (Å²) >= 11 is 6.06.